The van der Waals surface area contributed by atoms with Crippen molar-refractivity contribution >= 4 is 34.5 Å². The minimum atomic E-state index is -0.313. The lowest BCUT2D eigenvalue weighted by molar-refractivity contribution is -0.133. The van der Waals surface area contributed by atoms with Crippen LogP contribution in [0, 0.1) is 0 Å². The van der Waals surface area contributed by atoms with Crippen molar-refractivity contribution < 1.29 is 14.3 Å². The molecule has 6 nitrogen and oxygen atoms in total. The molecule has 1 atom stereocenters. The third-order valence-corrected chi connectivity index (χ3v) is 6.61. The van der Waals surface area contributed by atoms with E-state index in [-0.39, 0.29) is 17.9 Å². The zero-order valence-corrected chi connectivity index (χ0v) is 19.9. The van der Waals surface area contributed by atoms with Crippen molar-refractivity contribution in [1.29, 1.82) is 0 Å². The Morgan fingerprint density at radius 1 is 1.06 bits per heavy atom. The number of aryl methyl sites for hydroxylation is 1. The highest BCUT2D eigenvalue weighted by molar-refractivity contribution is 6.30. The molecule has 1 fully saturated rings. The first-order valence-electron chi connectivity index (χ1n) is 11.6. The molecule has 0 saturated carbocycles. The minimum Gasteiger partial charge on any atom is -0.450 e. The summed E-state index contributed by atoms with van der Waals surface area (Å²) >= 11 is 6.32. The van der Waals surface area contributed by atoms with Gasteiger partial charge in [0.2, 0.25) is 5.91 Å². The predicted molar refractivity (Wildman–Crippen MR) is 131 cm³/mol. The fourth-order valence-electron chi connectivity index (χ4n) is 4.61. The van der Waals surface area contributed by atoms with Crippen molar-refractivity contribution in [2.75, 3.05) is 32.8 Å². The number of benzene rings is 2. The Balaban J connectivity index is 1.59. The van der Waals surface area contributed by atoms with Crippen LogP contribution in [-0.2, 0) is 16.0 Å². The van der Waals surface area contributed by atoms with Crippen LogP contribution >= 0.6 is 11.6 Å². The molecule has 1 saturated heterocycles. The summed E-state index contributed by atoms with van der Waals surface area (Å²) in [6.45, 7) is 6.27. The van der Waals surface area contributed by atoms with Crippen LogP contribution in [0.4, 0.5) is 4.79 Å². The monoisotopic (exact) mass is 467 g/mol. The van der Waals surface area contributed by atoms with Crippen LogP contribution in [0.15, 0.2) is 48.7 Å². The molecule has 2 amide bonds. The SMILES string of the molecule is CCOC(=O)N1CCN(C(=O)CC(c2cccc(Cl)c2)c2c[nH]c3c(CC)cccc23)CC1. The lowest BCUT2D eigenvalue weighted by Gasteiger charge is -2.34. The number of nitrogens with zero attached hydrogens (tertiary/aromatic N) is 2. The molecule has 1 N–H and O–H groups in total. The van der Waals surface area contributed by atoms with E-state index in [9.17, 15) is 9.59 Å². The third kappa shape index (κ3) is 5.01. The normalized spacial score (nSPS) is 15.0. The minimum absolute atomic E-state index is 0.0736. The summed E-state index contributed by atoms with van der Waals surface area (Å²) in [6.07, 6.45) is 2.99. The molecule has 0 aliphatic carbocycles. The average Bonchev–Trinajstić information content (AvgIpc) is 3.26. The van der Waals surface area contributed by atoms with Gasteiger partial charge in [-0.15, -0.1) is 0 Å². The number of para-hydroxylation sites is 1. The molecule has 0 radical (unpaired) electrons. The number of amides is 2. The van der Waals surface area contributed by atoms with Crippen molar-refractivity contribution in [3.05, 3.63) is 70.4 Å². The van der Waals surface area contributed by atoms with E-state index < -0.39 is 0 Å². The number of carbonyl (C=O) groups excluding carboxylic acids is 2. The summed E-state index contributed by atoms with van der Waals surface area (Å²) in [5.74, 6) is -0.0513. The standard InChI is InChI=1S/C26H30ClN3O3/c1-3-18-7-6-10-21-23(17-28-25(18)21)22(19-8-5-9-20(27)15-19)16-24(31)29-11-13-30(14-12-29)26(32)33-4-2/h5-10,15,17,22,28H,3-4,11-14,16H2,1-2H3. The number of fused-ring (bicyclic) bond motifs is 1. The van der Waals surface area contributed by atoms with Crippen LogP contribution in [0.1, 0.15) is 42.9 Å². The lowest BCUT2D eigenvalue weighted by Crippen LogP contribution is -2.50. The Morgan fingerprint density at radius 2 is 1.79 bits per heavy atom. The number of rotatable bonds is 6. The van der Waals surface area contributed by atoms with Gasteiger partial charge in [-0.2, -0.15) is 0 Å². The van der Waals surface area contributed by atoms with Crippen LogP contribution < -0.4 is 0 Å². The molecule has 174 valence electrons. The summed E-state index contributed by atoms with van der Waals surface area (Å²) < 4.78 is 5.09. The molecule has 7 heteroatoms. The highest BCUT2D eigenvalue weighted by Crippen LogP contribution is 2.36. The highest BCUT2D eigenvalue weighted by Gasteiger charge is 2.28. The van der Waals surface area contributed by atoms with Gasteiger partial charge in [0.15, 0.2) is 0 Å². The van der Waals surface area contributed by atoms with Crippen molar-refractivity contribution in [1.82, 2.24) is 14.8 Å². The van der Waals surface area contributed by atoms with E-state index in [1.54, 1.807) is 11.8 Å². The summed E-state index contributed by atoms with van der Waals surface area (Å²) in [5, 5.41) is 1.79. The Morgan fingerprint density at radius 3 is 2.48 bits per heavy atom. The topological polar surface area (TPSA) is 65.6 Å². The van der Waals surface area contributed by atoms with Crippen LogP contribution in [0.5, 0.6) is 0 Å². The van der Waals surface area contributed by atoms with Crippen LogP contribution in [0.3, 0.4) is 0 Å². The van der Waals surface area contributed by atoms with Gasteiger partial charge in [0, 0.05) is 60.6 Å². The highest BCUT2D eigenvalue weighted by atomic mass is 35.5. The summed E-state index contributed by atoms with van der Waals surface area (Å²) in [6, 6.07) is 14.1. The molecule has 0 bridgehead atoms. The number of hydrogen-bond acceptors (Lipinski definition) is 3. The number of ether oxygens (including phenoxy) is 1. The van der Waals surface area contributed by atoms with E-state index in [2.05, 4.69) is 30.1 Å². The number of aromatic nitrogens is 1. The number of H-pyrrole nitrogens is 1. The molecule has 1 unspecified atom stereocenters. The molecular weight excluding hydrogens is 438 g/mol. The fourth-order valence-corrected chi connectivity index (χ4v) is 4.81. The summed E-state index contributed by atoms with van der Waals surface area (Å²) in [4.78, 5) is 32.3. The van der Waals surface area contributed by atoms with Gasteiger partial charge in [0.25, 0.3) is 0 Å². The first-order chi connectivity index (χ1) is 16.0. The number of piperazine rings is 1. The quantitative estimate of drug-likeness (QED) is 0.541. The molecule has 1 aliphatic heterocycles. The molecule has 2 aromatic carbocycles. The smallest absolute Gasteiger partial charge is 0.409 e. The Hall–Kier alpha value is -2.99. The molecule has 2 heterocycles. The van der Waals surface area contributed by atoms with Crippen LogP contribution in [0.25, 0.3) is 10.9 Å². The maximum Gasteiger partial charge on any atom is 0.409 e. The number of hydrogen-bond donors (Lipinski definition) is 1. The average molecular weight is 468 g/mol. The molecule has 33 heavy (non-hydrogen) atoms. The molecule has 4 rings (SSSR count). The predicted octanol–water partition coefficient (Wildman–Crippen LogP) is 5.21. The number of carbonyl (C=O) groups is 2. The second-order valence-electron chi connectivity index (χ2n) is 8.32. The Labute approximate surface area is 199 Å². The number of nitrogens with one attached hydrogen (secondary N) is 1. The third-order valence-electron chi connectivity index (χ3n) is 6.38. The Bertz CT molecular complexity index is 1130. The maximum absolute atomic E-state index is 13.4. The summed E-state index contributed by atoms with van der Waals surface area (Å²) in [7, 11) is 0. The van der Waals surface area contributed by atoms with E-state index in [1.165, 1.54) is 5.56 Å². The van der Waals surface area contributed by atoms with Gasteiger partial charge in [0.05, 0.1) is 6.61 Å². The van der Waals surface area contributed by atoms with Crippen LogP contribution in [0.2, 0.25) is 5.02 Å². The van der Waals surface area contributed by atoms with Crippen molar-refractivity contribution in [2.45, 2.75) is 32.6 Å². The van der Waals surface area contributed by atoms with E-state index in [4.69, 9.17) is 16.3 Å². The van der Waals surface area contributed by atoms with Crippen molar-refractivity contribution in [2.24, 2.45) is 0 Å². The molecule has 0 spiro atoms. The van der Waals surface area contributed by atoms with Gasteiger partial charge in [-0.3, -0.25) is 4.79 Å². The molecular formula is C26H30ClN3O3. The summed E-state index contributed by atoms with van der Waals surface area (Å²) in [5.41, 5.74) is 4.49. The first kappa shape index (κ1) is 23.2. The fraction of sp³-hybridized carbons (Fsp3) is 0.385. The van der Waals surface area contributed by atoms with E-state index >= 15 is 0 Å². The zero-order valence-electron chi connectivity index (χ0n) is 19.1. The van der Waals surface area contributed by atoms with Crippen molar-refractivity contribution in [3.63, 3.8) is 0 Å². The molecule has 1 aliphatic rings. The van der Waals surface area contributed by atoms with Gasteiger partial charge in [-0.05, 0) is 42.2 Å². The first-order valence-corrected chi connectivity index (χ1v) is 11.9. The van der Waals surface area contributed by atoms with E-state index in [0.29, 0.717) is 44.2 Å². The lowest BCUT2D eigenvalue weighted by atomic mass is 9.87. The Kier molecular flexibility index (Phi) is 7.23. The van der Waals surface area contributed by atoms with E-state index in [1.807, 2.05) is 35.4 Å². The number of halogens is 1. The maximum atomic E-state index is 13.4. The van der Waals surface area contributed by atoms with Crippen molar-refractivity contribution in [3.8, 4) is 0 Å². The largest absolute Gasteiger partial charge is 0.450 e. The molecule has 1 aromatic heterocycles. The van der Waals surface area contributed by atoms with Gasteiger partial charge in [-0.25, -0.2) is 4.79 Å². The van der Waals surface area contributed by atoms with Gasteiger partial charge in [-0.1, -0.05) is 48.9 Å². The van der Waals surface area contributed by atoms with Gasteiger partial charge >= 0.3 is 6.09 Å². The van der Waals surface area contributed by atoms with Gasteiger partial charge < -0.3 is 19.5 Å². The zero-order chi connectivity index (χ0) is 23.4. The second kappa shape index (κ2) is 10.3. The van der Waals surface area contributed by atoms with Crippen LogP contribution in [-0.4, -0.2) is 59.6 Å². The van der Waals surface area contributed by atoms with E-state index in [0.717, 1.165) is 28.5 Å². The molecule has 3 aromatic rings. The van der Waals surface area contributed by atoms with Gasteiger partial charge in [0.1, 0.15) is 0 Å². The second-order valence-corrected chi connectivity index (χ2v) is 8.75. The number of aromatic amines is 1.